The highest BCUT2D eigenvalue weighted by molar-refractivity contribution is 7.09. The molecule has 11 nitrogen and oxygen atoms in total. The third-order valence-corrected chi connectivity index (χ3v) is 9.88. The molecule has 0 fully saturated rings. The number of hydrogen-bond acceptors (Lipinski definition) is 7. The molecule has 2 bridgehead atoms. The van der Waals surface area contributed by atoms with Crippen LogP contribution in [0.2, 0.25) is 0 Å². The van der Waals surface area contributed by atoms with Crippen LogP contribution in [0.4, 0.5) is 0 Å². The van der Waals surface area contributed by atoms with Crippen LogP contribution in [-0.2, 0) is 49.8 Å². The van der Waals surface area contributed by atoms with Gasteiger partial charge < -0.3 is 30.7 Å². The van der Waals surface area contributed by atoms with Gasteiger partial charge in [0.05, 0.1) is 6.54 Å². The van der Waals surface area contributed by atoms with Crippen molar-refractivity contribution in [1.29, 1.82) is 0 Å². The van der Waals surface area contributed by atoms with E-state index in [1.807, 2.05) is 102 Å². The number of fused-ring (bicyclic) bond motifs is 16. The second-order valence-electron chi connectivity index (χ2n) is 13.0. The summed E-state index contributed by atoms with van der Waals surface area (Å²) >= 11 is 1.43. The first kappa shape index (κ1) is 37.5. The fourth-order valence-electron chi connectivity index (χ4n) is 6.20. The molecule has 0 radical (unpaired) electrons. The van der Waals surface area contributed by atoms with E-state index in [0.717, 1.165) is 27.1 Å². The Morgan fingerprint density at radius 3 is 2.06 bits per heavy atom. The van der Waals surface area contributed by atoms with Gasteiger partial charge in [-0.25, -0.2) is 4.79 Å². The van der Waals surface area contributed by atoms with E-state index < -0.39 is 54.3 Å². The zero-order chi connectivity index (χ0) is 37.9. The van der Waals surface area contributed by atoms with Gasteiger partial charge in [-0.3, -0.25) is 19.2 Å². The Morgan fingerprint density at radius 2 is 1.39 bits per heavy atom. The number of carbonyl (C=O) groups excluding carboxylic acids is 4. The first-order valence-corrected chi connectivity index (χ1v) is 18.4. The zero-order valence-electron chi connectivity index (χ0n) is 29.4. The molecule has 0 aliphatic carbocycles. The fourth-order valence-corrected chi connectivity index (χ4v) is 6.95. The average Bonchev–Trinajstić information content (AvgIpc) is 3.70. The van der Waals surface area contributed by atoms with Crippen molar-refractivity contribution >= 4 is 40.9 Å². The summed E-state index contributed by atoms with van der Waals surface area (Å²) in [5.74, 6) is -3.24. The molecule has 12 heteroatoms. The highest BCUT2D eigenvalue weighted by Gasteiger charge is 2.32. The summed E-state index contributed by atoms with van der Waals surface area (Å²) in [5, 5.41) is 20.2. The van der Waals surface area contributed by atoms with Crippen LogP contribution < -0.4 is 20.7 Å². The normalized spacial score (nSPS) is 18.7. The molecule has 0 saturated heterocycles. The molecule has 4 aromatic carbocycles. The quantitative estimate of drug-likeness (QED) is 0.172. The molecule has 3 heterocycles. The Balaban J connectivity index is 1.35. The van der Waals surface area contributed by atoms with Gasteiger partial charge in [-0.15, -0.1) is 11.3 Å². The van der Waals surface area contributed by atoms with E-state index in [9.17, 15) is 29.1 Å². The molecule has 0 unspecified atom stereocenters. The number of nitrogens with zero attached hydrogens (tertiary/aromatic N) is 1. The van der Waals surface area contributed by atoms with Crippen LogP contribution in [0.5, 0.6) is 5.75 Å². The highest BCUT2D eigenvalue weighted by Crippen LogP contribution is 2.21. The Hall–Kier alpha value is -6.27. The first-order chi connectivity index (χ1) is 26.2. The number of thiophene rings is 1. The van der Waals surface area contributed by atoms with Crippen molar-refractivity contribution < 1.29 is 33.8 Å². The summed E-state index contributed by atoms with van der Waals surface area (Å²) in [6, 6.07) is 33.3. The van der Waals surface area contributed by atoms with Gasteiger partial charge >= 0.3 is 5.97 Å². The van der Waals surface area contributed by atoms with Crippen LogP contribution in [0.3, 0.4) is 0 Å². The van der Waals surface area contributed by atoms with Crippen molar-refractivity contribution in [3.05, 3.63) is 148 Å². The number of carboxylic acid groups (broad SMARTS) is 1. The number of carbonyl (C=O) groups is 5. The highest BCUT2D eigenvalue weighted by atomic mass is 32.1. The lowest BCUT2D eigenvalue weighted by Gasteiger charge is -2.29. The van der Waals surface area contributed by atoms with Crippen molar-refractivity contribution in [3.8, 4) is 16.9 Å². The number of rotatable bonds is 8. The number of amides is 4. The lowest BCUT2D eigenvalue weighted by Crippen LogP contribution is -2.57. The fraction of sp³-hybridized carbons (Fsp3) is 0.214. The second kappa shape index (κ2) is 18.0. The Kier molecular flexibility index (Phi) is 12.5. The smallest absolute Gasteiger partial charge is 0.326 e. The van der Waals surface area contributed by atoms with Gasteiger partial charge in [0, 0.05) is 30.7 Å². The Morgan fingerprint density at radius 1 is 0.704 bits per heavy atom. The van der Waals surface area contributed by atoms with Gasteiger partial charge in [0.15, 0.2) is 6.61 Å². The maximum atomic E-state index is 14.7. The van der Waals surface area contributed by atoms with E-state index in [-0.39, 0.29) is 32.4 Å². The summed E-state index contributed by atoms with van der Waals surface area (Å²) in [7, 11) is 0. The van der Waals surface area contributed by atoms with Crippen molar-refractivity contribution in [2.24, 2.45) is 0 Å². The van der Waals surface area contributed by atoms with Crippen LogP contribution in [0.1, 0.15) is 21.6 Å². The van der Waals surface area contributed by atoms with Gasteiger partial charge in [-0.2, -0.15) is 0 Å². The lowest BCUT2D eigenvalue weighted by atomic mass is 9.99. The van der Waals surface area contributed by atoms with E-state index >= 15 is 0 Å². The molecule has 1 aromatic heterocycles. The van der Waals surface area contributed by atoms with Gasteiger partial charge in [0.1, 0.15) is 23.9 Å². The maximum absolute atomic E-state index is 14.7. The minimum atomic E-state index is -1.29. The topological polar surface area (TPSA) is 154 Å². The van der Waals surface area contributed by atoms with Gasteiger partial charge in [-0.1, -0.05) is 103 Å². The van der Waals surface area contributed by atoms with E-state index in [1.54, 1.807) is 24.3 Å². The molecule has 5 aromatic rings. The van der Waals surface area contributed by atoms with Gasteiger partial charge in [-0.05, 0) is 51.4 Å². The minimum absolute atomic E-state index is 0.0122. The molecule has 54 heavy (non-hydrogen) atoms. The summed E-state index contributed by atoms with van der Waals surface area (Å²) < 4.78 is 5.69. The van der Waals surface area contributed by atoms with Crippen LogP contribution in [0.15, 0.2) is 127 Å². The van der Waals surface area contributed by atoms with E-state index in [4.69, 9.17) is 4.74 Å². The SMILES string of the molecule is O=C1CN(Cc2ccccc2)C(=O)[C@@H](Cc2ccc(-c3ccccc3)cc2)NC(=O)[C@H](Cc2cccs2)NC(=O)COc2ccc(cc2)C[C@@H](C(=O)O)N1. The van der Waals surface area contributed by atoms with Crippen LogP contribution in [0.25, 0.3) is 11.1 Å². The Bertz CT molecular complexity index is 2040. The third-order valence-electron chi connectivity index (χ3n) is 8.98. The molecule has 4 amide bonds. The predicted octanol–water partition coefficient (Wildman–Crippen LogP) is 4.40. The molecular weight excluding hydrogens is 705 g/mol. The standard InChI is InChI=1S/C42H40N4O7S/c47-38-26-46(25-30-8-3-1-4-9-30)41(50)36(22-28-13-17-32(18-14-28)31-10-5-2-6-11-31)45-40(49)35(24-34-12-7-21-54-34)43-39(48)27-53-33-19-15-29(16-20-33)23-37(44-38)42(51)52/h1-21,35-37H,22-27H2,(H,43,48)(H,44,47)(H,45,49)(H,51,52)/t35-,36+,37-/m0/s1. The number of hydrogen-bond donors (Lipinski definition) is 4. The summed E-state index contributed by atoms with van der Waals surface area (Å²) in [5.41, 5.74) is 4.08. The number of carboxylic acids is 1. The number of aliphatic carboxylic acids is 1. The van der Waals surface area contributed by atoms with Gasteiger partial charge in [0.25, 0.3) is 5.91 Å². The van der Waals surface area contributed by atoms with Gasteiger partial charge in [0.2, 0.25) is 17.7 Å². The summed E-state index contributed by atoms with van der Waals surface area (Å²) in [6.07, 6.45) is 0.209. The lowest BCUT2D eigenvalue weighted by molar-refractivity contribution is -0.143. The van der Waals surface area contributed by atoms with Crippen LogP contribution in [0, 0.1) is 0 Å². The maximum Gasteiger partial charge on any atom is 0.326 e. The molecular formula is C42H40N4O7S. The number of ether oxygens (including phenoxy) is 1. The van der Waals surface area contributed by atoms with Crippen LogP contribution >= 0.6 is 11.3 Å². The van der Waals surface area contributed by atoms with Crippen molar-refractivity contribution in [3.63, 3.8) is 0 Å². The summed E-state index contributed by atoms with van der Waals surface area (Å²) in [6.45, 7) is -0.848. The van der Waals surface area contributed by atoms with Crippen molar-refractivity contribution in [2.75, 3.05) is 13.2 Å². The first-order valence-electron chi connectivity index (χ1n) is 17.5. The van der Waals surface area contributed by atoms with Crippen molar-refractivity contribution in [1.82, 2.24) is 20.9 Å². The monoisotopic (exact) mass is 744 g/mol. The Labute approximate surface area is 317 Å². The summed E-state index contributed by atoms with van der Waals surface area (Å²) in [4.78, 5) is 70.1. The third kappa shape index (κ3) is 10.4. The zero-order valence-corrected chi connectivity index (χ0v) is 30.2. The number of nitrogens with one attached hydrogen (secondary N) is 3. The van der Waals surface area contributed by atoms with E-state index in [2.05, 4.69) is 16.0 Å². The van der Waals surface area contributed by atoms with Crippen LogP contribution in [-0.4, -0.2) is 70.9 Å². The second-order valence-corrected chi connectivity index (χ2v) is 14.0. The average molecular weight is 745 g/mol. The molecule has 276 valence electrons. The molecule has 2 aliphatic heterocycles. The largest absolute Gasteiger partial charge is 0.484 e. The predicted molar refractivity (Wildman–Crippen MR) is 205 cm³/mol. The molecule has 3 atom stereocenters. The van der Waals surface area contributed by atoms with E-state index in [1.165, 1.54) is 16.2 Å². The molecule has 4 N–H and O–H groups in total. The molecule has 2 aliphatic rings. The molecule has 0 saturated carbocycles. The van der Waals surface area contributed by atoms with E-state index in [0.29, 0.717) is 11.3 Å². The minimum Gasteiger partial charge on any atom is -0.484 e. The number of benzene rings is 4. The van der Waals surface area contributed by atoms with Crippen molar-refractivity contribution in [2.45, 2.75) is 43.9 Å². The molecule has 7 rings (SSSR count). The molecule has 0 spiro atoms.